The van der Waals surface area contributed by atoms with Crippen molar-refractivity contribution >= 4 is 11.8 Å². The predicted octanol–water partition coefficient (Wildman–Crippen LogP) is 3.94. The molecule has 0 spiro atoms. The average molecular weight is 402 g/mol. The van der Waals surface area contributed by atoms with Crippen molar-refractivity contribution in [2.45, 2.75) is 25.9 Å². The molecular formula is C24H26N4O2. The lowest BCUT2D eigenvalue weighted by molar-refractivity contribution is 0.0697. The van der Waals surface area contributed by atoms with Crippen molar-refractivity contribution in [3.8, 4) is 11.1 Å². The molecule has 2 aromatic heterocycles. The molecule has 3 heterocycles. The number of carboxylic acids is 1. The molecule has 0 unspecified atom stereocenters. The van der Waals surface area contributed by atoms with Crippen LogP contribution in [0.15, 0.2) is 67.1 Å². The Morgan fingerprint density at radius 2 is 2.00 bits per heavy atom. The number of benzene rings is 1. The Hall–Kier alpha value is -3.25. The van der Waals surface area contributed by atoms with Crippen LogP contribution < -0.4 is 4.90 Å². The summed E-state index contributed by atoms with van der Waals surface area (Å²) in [5, 5.41) is 9.50. The molecule has 6 heteroatoms. The molecule has 0 aliphatic carbocycles. The fourth-order valence-corrected chi connectivity index (χ4v) is 4.23. The Kier molecular flexibility index (Phi) is 6.05. The van der Waals surface area contributed by atoms with Gasteiger partial charge in [-0.05, 0) is 42.3 Å². The van der Waals surface area contributed by atoms with Gasteiger partial charge in [-0.25, -0.2) is 9.78 Å². The minimum absolute atomic E-state index is 0.267. The SMILES string of the molecule is CCN(Cc1ccccc1-c1cccnc1)[C@@H]1CCN(c2ncccc2C(=O)O)C1. The number of likely N-dealkylation sites (N-methyl/N-ethyl adjacent to an activating group) is 1. The maximum absolute atomic E-state index is 11.6. The predicted molar refractivity (Wildman–Crippen MR) is 118 cm³/mol. The standard InChI is InChI=1S/C24H26N4O2/c1-2-27(16-19-7-3-4-9-21(19)18-8-5-12-25-15-18)20-11-14-28(17-20)23-22(24(29)30)10-6-13-26-23/h3-10,12-13,15,20H,2,11,14,16-17H2,1H3,(H,29,30)/t20-/m1/s1. The van der Waals surface area contributed by atoms with Gasteiger partial charge in [0.2, 0.25) is 0 Å². The Morgan fingerprint density at radius 1 is 1.17 bits per heavy atom. The van der Waals surface area contributed by atoms with Gasteiger partial charge in [-0.15, -0.1) is 0 Å². The van der Waals surface area contributed by atoms with E-state index in [1.54, 1.807) is 24.5 Å². The summed E-state index contributed by atoms with van der Waals surface area (Å²) < 4.78 is 0. The molecule has 1 aliphatic rings. The van der Waals surface area contributed by atoms with Gasteiger partial charge in [-0.2, -0.15) is 0 Å². The number of pyridine rings is 2. The summed E-state index contributed by atoms with van der Waals surface area (Å²) in [4.78, 5) is 24.8. The van der Waals surface area contributed by atoms with Gasteiger partial charge >= 0.3 is 5.97 Å². The molecule has 1 N–H and O–H groups in total. The van der Waals surface area contributed by atoms with Gasteiger partial charge in [-0.1, -0.05) is 37.3 Å². The third-order valence-electron chi connectivity index (χ3n) is 5.77. The third kappa shape index (κ3) is 4.19. The molecule has 0 amide bonds. The maximum atomic E-state index is 11.6. The Bertz CT molecular complexity index is 1010. The van der Waals surface area contributed by atoms with Crippen LogP contribution in [0, 0.1) is 0 Å². The first-order valence-corrected chi connectivity index (χ1v) is 10.3. The van der Waals surface area contributed by atoms with Crippen LogP contribution in [0.3, 0.4) is 0 Å². The molecule has 1 fully saturated rings. The van der Waals surface area contributed by atoms with Gasteiger partial charge in [0.1, 0.15) is 11.4 Å². The van der Waals surface area contributed by atoms with Crippen LogP contribution in [-0.2, 0) is 6.54 Å². The summed E-state index contributed by atoms with van der Waals surface area (Å²) in [6.45, 7) is 5.53. The Morgan fingerprint density at radius 3 is 2.77 bits per heavy atom. The van der Waals surface area contributed by atoms with Gasteiger partial charge in [-0.3, -0.25) is 9.88 Å². The van der Waals surface area contributed by atoms with Crippen molar-refractivity contribution in [1.82, 2.24) is 14.9 Å². The number of rotatable bonds is 7. The van der Waals surface area contributed by atoms with Crippen molar-refractivity contribution in [3.05, 3.63) is 78.2 Å². The number of carboxylic acid groups (broad SMARTS) is 1. The van der Waals surface area contributed by atoms with E-state index < -0.39 is 5.97 Å². The summed E-state index contributed by atoms with van der Waals surface area (Å²) in [6.07, 6.45) is 6.34. The smallest absolute Gasteiger partial charge is 0.339 e. The molecule has 154 valence electrons. The summed E-state index contributed by atoms with van der Waals surface area (Å²) in [5.74, 6) is -0.362. The second-order valence-electron chi connectivity index (χ2n) is 7.53. The molecule has 6 nitrogen and oxygen atoms in total. The van der Waals surface area contributed by atoms with Crippen molar-refractivity contribution in [2.24, 2.45) is 0 Å². The molecule has 4 rings (SSSR count). The van der Waals surface area contributed by atoms with Gasteiger partial charge in [0.05, 0.1) is 0 Å². The second-order valence-corrected chi connectivity index (χ2v) is 7.53. The number of carbonyl (C=O) groups is 1. The number of hydrogen-bond acceptors (Lipinski definition) is 5. The average Bonchev–Trinajstić information content (AvgIpc) is 3.28. The second kappa shape index (κ2) is 9.05. The minimum Gasteiger partial charge on any atom is -0.478 e. The molecule has 1 saturated heterocycles. The number of aromatic nitrogens is 2. The highest BCUT2D eigenvalue weighted by Crippen LogP contribution is 2.28. The largest absolute Gasteiger partial charge is 0.478 e. The van der Waals surface area contributed by atoms with Crippen LogP contribution >= 0.6 is 0 Å². The van der Waals surface area contributed by atoms with E-state index in [4.69, 9.17) is 0 Å². The zero-order chi connectivity index (χ0) is 20.9. The Labute approximate surface area is 176 Å². The number of nitrogens with zero attached hydrogens (tertiary/aromatic N) is 4. The zero-order valence-electron chi connectivity index (χ0n) is 17.1. The number of aromatic carboxylic acids is 1. The number of hydrogen-bond donors (Lipinski definition) is 1. The van der Waals surface area contributed by atoms with Crippen LogP contribution in [0.25, 0.3) is 11.1 Å². The van der Waals surface area contributed by atoms with Crippen LogP contribution in [0.5, 0.6) is 0 Å². The van der Waals surface area contributed by atoms with Crippen LogP contribution in [-0.4, -0.2) is 51.6 Å². The summed E-state index contributed by atoms with van der Waals surface area (Å²) >= 11 is 0. The van der Waals surface area contributed by atoms with Crippen LogP contribution in [0.4, 0.5) is 5.82 Å². The maximum Gasteiger partial charge on any atom is 0.339 e. The van der Waals surface area contributed by atoms with E-state index in [0.29, 0.717) is 11.9 Å². The summed E-state index contributed by atoms with van der Waals surface area (Å²) in [7, 11) is 0. The van der Waals surface area contributed by atoms with Crippen molar-refractivity contribution in [2.75, 3.05) is 24.5 Å². The van der Waals surface area contributed by atoms with Crippen molar-refractivity contribution in [3.63, 3.8) is 0 Å². The van der Waals surface area contributed by atoms with Gasteiger partial charge in [0, 0.05) is 49.8 Å². The van der Waals surface area contributed by atoms with E-state index in [1.807, 2.05) is 12.3 Å². The highest BCUT2D eigenvalue weighted by molar-refractivity contribution is 5.93. The van der Waals surface area contributed by atoms with Crippen molar-refractivity contribution < 1.29 is 9.90 Å². The van der Waals surface area contributed by atoms with Gasteiger partial charge in [0.15, 0.2) is 0 Å². The van der Waals surface area contributed by atoms with Crippen molar-refractivity contribution in [1.29, 1.82) is 0 Å². The number of anilines is 1. The summed E-state index contributed by atoms with van der Waals surface area (Å²) in [5.41, 5.74) is 3.87. The molecule has 1 atom stereocenters. The van der Waals surface area contributed by atoms with E-state index in [0.717, 1.165) is 38.2 Å². The topological polar surface area (TPSA) is 69.6 Å². The summed E-state index contributed by atoms with van der Waals surface area (Å²) in [6, 6.07) is 16.2. The molecule has 0 saturated carbocycles. The van der Waals surface area contributed by atoms with E-state index in [1.165, 1.54) is 11.1 Å². The van der Waals surface area contributed by atoms with E-state index in [-0.39, 0.29) is 5.56 Å². The highest BCUT2D eigenvalue weighted by atomic mass is 16.4. The fourth-order valence-electron chi connectivity index (χ4n) is 4.23. The first-order chi connectivity index (χ1) is 14.7. The van der Waals surface area contributed by atoms with Crippen LogP contribution in [0.2, 0.25) is 0 Å². The van der Waals surface area contributed by atoms with E-state index in [2.05, 4.69) is 57.0 Å². The zero-order valence-corrected chi connectivity index (χ0v) is 17.1. The first kappa shape index (κ1) is 20.0. The lowest BCUT2D eigenvalue weighted by Gasteiger charge is -2.29. The molecule has 3 aromatic rings. The quantitative estimate of drug-likeness (QED) is 0.646. The molecule has 30 heavy (non-hydrogen) atoms. The lowest BCUT2D eigenvalue weighted by atomic mass is 10.00. The molecule has 0 radical (unpaired) electrons. The van der Waals surface area contributed by atoms with Crippen LogP contribution in [0.1, 0.15) is 29.3 Å². The molecule has 1 aliphatic heterocycles. The third-order valence-corrected chi connectivity index (χ3v) is 5.77. The van der Waals surface area contributed by atoms with E-state index in [9.17, 15) is 9.90 Å². The first-order valence-electron chi connectivity index (χ1n) is 10.3. The lowest BCUT2D eigenvalue weighted by Crippen LogP contribution is -2.37. The highest BCUT2D eigenvalue weighted by Gasteiger charge is 2.30. The normalized spacial score (nSPS) is 16.2. The minimum atomic E-state index is -0.931. The molecule has 1 aromatic carbocycles. The fraction of sp³-hybridized carbons (Fsp3) is 0.292. The molecule has 0 bridgehead atoms. The Balaban J connectivity index is 1.53. The van der Waals surface area contributed by atoms with E-state index >= 15 is 0 Å². The monoisotopic (exact) mass is 402 g/mol. The van der Waals surface area contributed by atoms with Gasteiger partial charge < -0.3 is 10.0 Å². The van der Waals surface area contributed by atoms with Gasteiger partial charge in [0.25, 0.3) is 0 Å². The molecular weight excluding hydrogens is 376 g/mol.